The molecule has 0 bridgehead atoms. The van der Waals surface area contributed by atoms with Crippen molar-refractivity contribution in [3.05, 3.63) is 41.2 Å². The highest BCUT2D eigenvalue weighted by atomic mass is 35.5. The van der Waals surface area contributed by atoms with Crippen molar-refractivity contribution >= 4 is 35.1 Å². The van der Waals surface area contributed by atoms with Crippen molar-refractivity contribution in [3.63, 3.8) is 0 Å². The number of aliphatic imine (C=N–C) groups is 1. The number of fused-ring (bicyclic) bond motifs is 1. The summed E-state index contributed by atoms with van der Waals surface area (Å²) in [5, 5.41) is 0.276. The minimum absolute atomic E-state index is 0.276. The fourth-order valence-corrected chi connectivity index (χ4v) is 3.18. The highest BCUT2D eigenvalue weighted by molar-refractivity contribution is 6.28. The van der Waals surface area contributed by atoms with Gasteiger partial charge in [0.2, 0.25) is 5.28 Å². The summed E-state index contributed by atoms with van der Waals surface area (Å²) < 4.78 is 0. The molecule has 0 aliphatic carbocycles. The zero-order valence-electron chi connectivity index (χ0n) is 12.1. The molecule has 112 valence electrons. The van der Waals surface area contributed by atoms with E-state index in [0.29, 0.717) is 0 Å². The van der Waals surface area contributed by atoms with E-state index in [1.165, 1.54) is 5.69 Å². The van der Waals surface area contributed by atoms with Gasteiger partial charge in [-0.3, -0.25) is 0 Å². The highest BCUT2D eigenvalue weighted by Crippen LogP contribution is 2.32. The Balaban J connectivity index is 1.53. The third-order valence-corrected chi connectivity index (χ3v) is 4.31. The van der Waals surface area contributed by atoms with Gasteiger partial charge in [-0.05, 0) is 23.7 Å². The molecule has 3 heterocycles. The lowest BCUT2D eigenvalue weighted by atomic mass is 10.2. The van der Waals surface area contributed by atoms with Crippen molar-refractivity contribution in [2.75, 3.05) is 36.0 Å². The smallest absolute Gasteiger partial charge is 0.226 e. The van der Waals surface area contributed by atoms with E-state index in [4.69, 9.17) is 11.6 Å². The first-order valence-electron chi connectivity index (χ1n) is 7.45. The van der Waals surface area contributed by atoms with Crippen LogP contribution < -0.4 is 9.80 Å². The number of hydrogen-bond donors (Lipinski definition) is 0. The van der Waals surface area contributed by atoms with Gasteiger partial charge in [0.25, 0.3) is 0 Å². The SMILES string of the molecule is Clc1nc2c(c(N3CCN(c4ccccc4)CC3)n1)CC=N2. The van der Waals surface area contributed by atoms with Crippen molar-refractivity contribution < 1.29 is 0 Å². The third-order valence-electron chi connectivity index (χ3n) is 4.15. The minimum Gasteiger partial charge on any atom is -0.368 e. The lowest BCUT2D eigenvalue weighted by molar-refractivity contribution is 0.645. The summed E-state index contributed by atoms with van der Waals surface area (Å²) in [4.78, 5) is 17.6. The Morgan fingerprint density at radius 1 is 0.909 bits per heavy atom. The summed E-state index contributed by atoms with van der Waals surface area (Å²) in [5.74, 6) is 1.67. The van der Waals surface area contributed by atoms with Crippen molar-refractivity contribution in [1.29, 1.82) is 0 Å². The van der Waals surface area contributed by atoms with Crippen LogP contribution in [0.25, 0.3) is 0 Å². The van der Waals surface area contributed by atoms with E-state index in [-0.39, 0.29) is 5.28 Å². The van der Waals surface area contributed by atoms with E-state index >= 15 is 0 Å². The fourth-order valence-electron chi connectivity index (χ4n) is 3.02. The largest absolute Gasteiger partial charge is 0.368 e. The van der Waals surface area contributed by atoms with Crippen LogP contribution in [0.15, 0.2) is 35.3 Å². The monoisotopic (exact) mass is 313 g/mol. The second kappa shape index (κ2) is 5.57. The van der Waals surface area contributed by atoms with E-state index < -0.39 is 0 Å². The van der Waals surface area contributed by atoms with Gasteiger partial charge in [-0.15, -0.1) is 0 Å². The molecule has 4 rings (SSSR count). The average Bonchev–Trinajstić information content (AvgIpc) is 3.03. The van der Waals surface area contributed by atoms with Crippen LogP contribution in [0.2, 0.25) is 5.28 Å². The molecule has 0 N–H and O–H groups in total. The highest BCUT2D eigenvalue weighted by Gasteiger charge is 2.24. The molecule has 2 aliphatic heterocycles. The van der Waals surface area contributed by atoms with Gasteiger partial charge < -0.3 is 9.80 Å². The van der Waals surface area contributed by atoms with Gasteiger partial charge in [-0.1, -0.05) is 18.2 Å². The van der Waals surface area contributed by atoms with Crippen LogP contribution in [0.1, 0.15) is 5.56 Å². The molecule has 2 aliphatic rings. The van der Waals surface area contributed by atoms with Crippen LogP contribution >= 0.6 is 11.6 Å². The summed E-state index contributed by atoms with van der Waals surface area (Å²) >= 11 is 6.04. The maximum atomic E-state index is 6.04. The number of rotatable bonds is 2. The molecule has 0 unspecified atom stereocenters. The number of benzene rings is 1. The first-order chi connectivity index (χ1) is 10.8. The molecule has 0 saturated carbocycles. The van der Waals surface area contributed by atoms with Crippen molar-refractivity contribution in [2.45, 2.75) is 6.42 Å². The molecule has 1 aromatic heterocycles. The summed E-state index contributed by atoms with van der Waals surface area (Å²) in [6, 6.07) is 10.5. The second-order valence-electron chi connectivity index (χ2n) is 5.44. The number of hydrogen-bond acceptors (Lipinski definition) is 5. The minimum atomic E-state index is 0.276. The summed E-state index contributed by atoms with van der Waals surface area (Å²) in [7, 11) is 0. The number of para-hydroxylation sites is 1. The van der Waals surface area contributed by atoms with Gasteiger partial charge in [0, 0.05) is 50.1 Å². The number of halogens is 1. The lowest BCUT2D eigenvalue weighted by Crippen LogP contribution is -2.47. The van der Waals surface area contributed by atoms with Gasteiger partial charge in [0.1, 0.15) is 5.82 Å². The van der Waals surface area contributed by atoms with Crippen LogP contribution in [-0.4, -0.2) is 42.4 Å². The van der Waals surface area contributed by atoms with E-state index in [2.05, 4.69) is 49.0 Å². The van der Waals surface area contributed by atoms with Gasteiger partial charge in [0.05, 0.1) is 0 Å². The van der Waals surface area contributed by atoms with E-state index in [9.17, 15) is 0 Å². The molecular weight excluding hydrogens is 298 g/mol. The second-order valence-corrected chi connectivity index (χ2v) is 5.78. The maximum Gasteiger partial charge on any atom is 0.226 e. The van der Waals surface area contributed by atoms with Crippen LogP contribution in [-0.2, 0) is 6.42 Å². The summed E-state index contributed by atoms with van der Waals surface area (Å²) in [6.45, 7) is 3.80. The Labute approximate surface area is 134 Å². The molecule has 2 aromatic rings. The first-order valence-corrected chi connectivity index (χ1v) is 7.83. The molecule has 0 amide bonds. The first kappa shape index (κ1) is 13.5. The molecule has 0 spiro atoms. The maximum absolute atomic E-state index is 6.04. The Hall–Kier alpha value is -2.14. The Bertz CT molecular complexity index is 708. The molecule has 0 radical (unpaired) electrons. The number of anilines is 2. The van der Waals surface area contributed by atoms with Crippen molar-refractivity contribution in [1.82, 2.24) is 9.97 Å². The van der Waals surface area contributed by atoms with Crippen LogP contribution in [0.5, 0.6) is 0 Å². The number of aromatic nitrogens is 2. The zero-order valence-corrected chi connectivity index (χ0v) is 12.9. The third kappa shape index (κ3) is 2.41. The lowest BCUT2D eigenvalue weighted by Gasteiger charge is -2.37. The van der Waals surface area contributed by atoms with Crippen LogP contribution in [0.4, 0.5) is 17.3 Å². The predicted octanol–water partition coefficient (Wildman–Crippen LogP) is 2.72. The average molecular weight is 314 g/mol. The molecule has 1 fully saturated rings. The van der Waals surface area contributed by atoms with Gasteiger partial charge in [-0.25, -0.2) is 9.98 Å². The topological polar surface area (TPSA) is 44.6 Å². The molecular formula is C16H16ClN5. The van der Waals surface area contributed by atoms with Gasteiger partial charge in [-0.2, -0.15) is 4.98 Å². The molecule has 22 heavy (non-hydrogen) atoms. The van der Waals surface area contributed by atoms with Crippen LogP contribution in [0.3, 0.4) is 0 Å². The normalized spacial score (nSPS) is 17.0. The molecule has 6 heteroatoms. The molecule has 1 aromatic carbocycles. The molecule has 0 atom stereocenters. The zero-order chi connectivity index (χ0) is 14.9. The Morgan fingerprint density at radius 2 is 1.64 bits per heavy atom. The fraction of sp³-hybridized carbons (Fsp3) is 0.312. The van der Waals surface area contributed by atoms with Crippen LogP contribution in [0, 0.1) is 0 Å². The predicted molar refractivity (Wildman–Crippen MR) is 89.8 cm³/mol. The summed E-state index contributed by atoms with van der Waals surface area (Å²) in [5.41, 5.74) is 2.37. The quantitative estimate of drug-likeness (QED) is 0.800. The standard InChI is InChI=1S/C16H16ClN5/c17-16-19-14-13(6-7-18-14)15(20-16)22-10-8-21(9-11-22)12-4-2-1-3-5-12/h1-5,7H,6,8-11H2. The van der Waals surface area contributed by atoms with Gasteiger partial charge >= 0.3 is 0 Å². The Kier molecular flexibility index (Phi) is 3.42. The Morgan fingerprint density at radius 3 is 2.41 bits per heavy atom. The molecule has 1 saturated heterocycles. The molecule has 5 nitrogen and oxygen atoms in total. The number of piperazine rings is 1. The summed E-state index contributed by atoms with van der Waals surface area (Å²) in [6.07, 6.45) is 2.67. The van der Waals surface area contributed by atoms with E-state index in [1.807, 2.05) is 12.3 Å². The van der Waals surface area contributed by atoms with Gasteiger partial charge in [0.15, 0.2) is 5.82 Å². The van der Waals surface area contributed by atoms with Crippen molar-refractivity contribution in [2.24, 2.45) is 4.99 Å². The van der Waals surface area contributed by atoms with Crippen molar-refractivity contribution in [3.8, 4) is 0 Å². The number of nitrogens with zero attached hydrogens (tertiary/aromatic N) is 5. The van der Waals surface area contributed by atoms with E-state index in [1.54, 1.807) is 0 Å². The van der Waals surface area contributed by atoms with E-state index in [0.717, 1.165) is 49.8 Å².